The van der Waals surface area contributed by atoms with Crippen LogP contribution < -0.4 is 10.6 Å². The quantitative estimate of drug-likeness (QED) is 0.389. The number of esters is 2. The van der Waals surface area contributed by atoms with Crippen LogP contribution in [0.5, 0.6) is 0 Å². The molecule has 0 spiro atoms. The second-order valence-electron chi connectivity index (χ2n) is 5.41. The number of hydrogen-bond donors (Lipinski definition) is 2. The number of benzene rings is 1. The van der Waals surface area contributed by atoms with Gasteiger partial charge in [-0.25, -0.2) is 9.59 Å². The third kappa shape index (κ3) is 5.44. The van der Waals surface area contributed by atoms with Gasteiger partial charge in [0, 0.05) is 10.2 Å². The van der Waals surface area contributed by atoms with Gasteiger partial charge in [-0.05, 0) is 72.7 Å². The summed E-state index contributed by atoms with van der Waals surface area (Å²) < 4.78 is 10.9. The molecule has 28 heavy (non-hydrogen) atoms. The van der Waals surface area contributed by atoms with E-state index < -0.39 is 11.9 Å². The summed E-state index contributed by atoms with van der Waals surface area (Å²) in [5.41, 5.74) is 1.41. The van der Waals surface area contributed by atoms with Gasteiger partial charge in [-0.15, -0.1) is 11.3 Å². The number of ether oxygens (including phenoxy) is 2. The summed E-state index contributed by atoms with van der Waals surface area (Å²) >= 11 is 15.8. The molecule has 0 radical (unpaired) electrons. The summed E-state index contributed by atoms with van der Waals surface area (Å²) in [6.45, 7) is 5.54. The highest BCUT2D eigenvalue weighted by molar-refractivity contribution is 9.10. The number of halogens is 2. The molecule has 0 amide bonds. The van der Waals surface area contributed by atoms with Crippen molar-refractivity contribution in [1.29, 1.82) is 0 Å². The molecule has 2 N–H and O–H groups in total. The summed E-state index contributed by atoms with van der Waals surface area (Å²) in [5, 5.41) is 7.12. The van der Waals surface area contributed by atoms with Gasteiger partial charge < -0.3 is 20.1 Å². The minimum absolute atomic E-state index is 0.211. The minimum atomic E-state index is -0.538. The van der Waals surface area contributed by atoms with Crippen molar-refractivity contribution >= 4 is 78.8 Å². The molecule has 2 aromatic rings. The number of thiocarbonyl (C=S) groups is 1. The third-order valence-electron chi connectivity index (χ3n) is 3.49. The molecule has 2 rings (SSSR count). The largest absolute Gasteiger partial charge is 0.462 e. The van der Waals surface area contributed by atoms with Crippen molar-refractivity contribution in [3.8, 4) is 0 Å². The predicted octanol–water partition coefficient (Wildman–Crippen LogP) is 5.63. The molecule has 10 heteroatoms. The fourth-order valence-electron chi connectivity index (χ4n) is 2.28. The molecule has 150 valence electrons. The van der Waals surface area contributed by atoms with Crippen LogP contribution in [0.3, 0.4) is 0 Å². The number of nitrogens with one attached hydrogen (secondary N) is 2. The van der Waals surface area contributed by atoms with E-state index >= 15 is 0 Å². The Hall–Kier alpha value is -1.68. The molecule has 0 unspecified atom stereocenters. The highest BCUT2D eigenvalue weighted by atomic mass is 79.9. The maximum Gasteiger partial charge on any atom is 0.348 e. The Morgan fingerprint density at radius 3 is 2.43 bits per heavy atom. The van der Waals surface area contributed by atoms with E-state index in [9.17, 15) is 9.59 Å². The van der Waals surface area contributed by atoms with Gasteiger partial charge in [-0.3, -0.25) is 0 Å². The Kier molecular flexibility index (Phi) is 8.23. The molecular formula is C18H18BrClN2O4S2. The number of rotatable bonds is 6. The van der Waals surface area contributed by atoms with E-state index in [1.54, 1.807) is 39.0 Å². The summed E-state index contributed by atoms with van der Waals surface area (Å²) in [5.74, 6) is -1.04. The van der Waals surface area contributed by atoms with Crippen molar-refractivity contribution in [1.82, 2.24) is 0 Å². The van der Waals surface area contributed by atoms with Gasteiger partial charge in [0.1, 0.15) is 9.88 Å². The van der Waals surface area contributed by atoms with Crippen molar-refractivity contribution < 1.29 is 19.1 Å². The molecule has 6 nitrogen and oxygen atoms in total. The fourth-order valence-corrected chi connectivity index (χ4v) is 4.09. The molecule has 0 aliphatic rings. The van der Waals surface area contributed by atoms with Crippen LogP contribution in [-0.4, -0.2) is 30.3 Å². The molecule has 0 atom stereocenters. The van der Waals surface area contributed by atoms with Gasteiger partial charge in [0.15, 0.2) is 5.11 Å². The Morgan fingerprint density at radius 2 is 1.82 bits per heavy atom. The van der Waals surface area contributed by atoms with Crippen molar-refractivity contribution in [3.05, 3.63) is 43.7 Å². The van der Waals surface area contributed by atoms with E-state index in [1.807, 2.05) is 0 Å². The number of anilines is 2. The van der Waals surface area contributed by atoms with E-state index in [4.69, 9.17) is 33.3 Å². The molecule has 1 aromatic carbocycles. The van der Waals surface area contributed by atoms with Crippen molar-refractivity contribution in [3.63, 3.8) is 0 Å². The second kappa shape index (κ2) is 10.2. The summed E-state index contributed by atoms with van der Waals surface area (Å²) in [7, 11) is 0. The number of carbonyl (C=O) groups excluding carboxylic acids is 2. The minimum Gasteiger partial charge on any atom is -0.462 e. The van der Waals surface area contributed by atoms with Gasteiger partial charge in [0.25, 0.3) is 0 Å². The van der Waals surface area contributed by atoms with Crippen LogP contribution >= 0.6 is 51.1 Å². The topological polar surface area (TPSA) is 76.7 Å². The van der Waals surface area contributed by atoms with Crippen LogP contribution in [0.1, 0.15) is 39.4 Å². The molecule has 0 saturated heterocycles. The molecule has 0 aliphatic carbocycles. The second-order valence-corrected chi connectivity index (χ2v) is 8.10. The summed E-state index contributed by atoms with van der Waals surface area (Å²) in [6, 6.07) is 5.28. The van der Waals surface area contributed by atoms with Crippen LogP contribution in [-0.2, 0) is 9.47 Å². The maximum atomic E-state index is 12.4. The van der Waals surface area contributed by atoms with Crippen molar-refractivity contribution in [2.45, 2.75) is 20.8 Å². The van der Waals surface area contributed by atoms with E-state index in [1.165, 1.54) is 0 Å². The lowest BCUT2D eigenvalue weighted by molar-refractivity contribution is 0.0527. The lowest BCUT2D eigenvalue weighted by atomic mass is 10.1. The highest BCUT2D eigenvalue weighted by Gasteiger charge is 2.26. The molecular weight excluding hydrogens is 488 g/mol. The van der Waals surface area contributed by atoms with Gasteiger partial charge in [0.2, 0.25) is 0 Å². The number of thiophene rings is 1. The Morgan fingerprint density at radius 1 is 1.18 bits per heavy atom. The van der Waals surface area contributed by atoms with E-state index in [-0.39, 0.29) is 23.9 Å². The van der Waals surface area contributed by atoms with Crippen LogP contribution in [0, 0.1) is 6.92 Å². The zero-order chi connectivity index (χ0) is 20.8. The predicted molar refractivity (Wildman–Crippen MR) is 120 cm³/mol. The first-order chi connectivity index (χ1) is 13.3. The molecule has 0 aliphatic heterocycles. The zero-order valence-corrected chi connectivity index (χ0v) is 19.3. The Labute approximate surface area is 185 Å². The Bertz CT molecular complexity index is 917. The molecule has 0 bridgehead atoms. The molecule has 0 fully saturated rings. The van der Waals surface area contributed by atoms with Crippen LogP contribution in [0.25, 0.3) is 0 Å². The number of carbonyl (C=O) groups is 2. The van der Waals surface area contributed by atoms with E-state index in [2.05, 4.69) is 26.6 Å². The lowest BCUT2D eigenvalue weighted by Crippen LogP contribution is -2.20. The SMILES string of the molecule is CCOC(=O)c1sc(NC(=S)Nc2ccc(Br)c(Cl)c2)c(C(=O)OCC)c1C. The zero-order valence-electron chi connectivity index (χ0n) is 15.4. The normalized spacial score (nSPS) is 10.3. The van der Waals surface area contributed by atoms with Crippen LogP contribution in [0.2, 0.25) is 5.02 Å². The molecule has 1 aromatic heterocycles. The van der Waals surface area contributed by atoms with E-state index in [0.717, 1.165) is 15.8 Å². The molecule has 1 heterocycles. The first kappa shape index (κ1) is 22.6. The highest BCUT2D eigenvalue weighted by Crippen LogP contribution is 2.34. The van der Waals surface area contributed by atoms with Crippen molar-refractivity contribution in [2.75, 3.05) is 23.8 Å². The molecule has 0 saturated carbocycles. The van der Waals surface area contributed by atoms with Crippen LogP contribution in [0.4, 0.5) is 10.7 Å². The van der Waals surface area contributed by atoms with Gasteiger partial charge in [-0.1, -0.05) is 11.6 Å². The number of hydrogen-bond acceptors (Lipinski definition) is 6. The van der Waals surface area contributed by atoms with Gasteiger partial charge in [0.05, 0.1) is 23.8 Å². The van der Waals surface area contributed by atoms with Gasteiger partial charge in [-0.2, -0.15) is 0 Å². The average Bonchev–Trinajstić information content (AvgIpc) is 2.94. The van der Waals surface area contributed by atoms with E-state index in [0.29, 0.717) is 26.2 Å². The van der Waals surface area contributed by atoms with Crippen molar-refractivity contribution in [2.24, 2.45) is 0 Å². The smallest absolute Gasteiger partial charge is 0.348 e. The Balaban J connectivity index is 2.30. The fraction of sp³-hybridized carbons (Fsp3) is 0.278. The monoisotopic (exact) mass is 504 g/mol. The first-order valence-corrected chi connectivity index (χ1v) is 10.7. The standard InChI is InChI=1S/C18H18BrClN2O4S2/c1-4-25-16(23)13-9(3)14(17(24)26-5-2)28-15(13)22-18(27)21-10-6-7-11(19)12(20)8-10/h6-8H,4-5H2,1-3H3,(H2,21,22,27). The van der Waals surface area contributed by atoms with Gasteiger partial charge >= 0.3 is 11.9 Å². The maximum absolute atomic E-state index is 12.4. The lowest BCUT2D eigenvalue weighted by Gasteiger charge is -2.11. The third-order valence-corrected chi connectivity index (χ3v) is 6.12. The van der Waals surface area contributed by atoms with Crippen LogP contribution in [0.15, 0.2) is 22.7 Å². The average molecular weight is 506 g/mol. The summed E-state index contributed by atoms with van der Waals surface area (Å²) in [4.78, 5) is 24.9. The summed E-state index contributed by atoms with van der Waals surface area (Å²) in [6.07, 6.45) is 0. The first-order valence-electron chi connectivity index (χ1n) is 8.29.